The van der Waals surface area contributed by atoms with Gasteiger partial charge in [-0.15, -0.1) is 0 Å². The quantitative estimate of drug-likeness (QED) is 0.754. The molecule has 0 heterocycles. The monoisotopic (exact) mass is 205 g/mol. The molecule has 0 bridgehead atoms. The Morgan fingerprint density at radius 2 is 1.73 bits per heavy atom. The Morgan fingerprint density at radius 3 is 2.20 bits per heavy atom. The van der Waals surface area contributed by atoms with Gasteiger partial charge in [-0.05, 0) is 38.0 Å². The van der Waals surface area contributed by atoms with Crippen LogP contribution in [0.15, 0.2) is 12.1 Å². The number of amides is 1. The highest BCUT2D eigenvalue weighted by Gasteiger charge is 2.11. The summed E-state index contributed by atoms with van der Waals surface area (Å²) in [4.78, 5) is 22.4. The number of anilines is 1. The van der Waals surface area contributed by atoms with Crippen molar-refractivity contribution in [3.05, 3.63) is 28.8 Å². The van der Waals surface area contributed by atoms with E-state index in [-0.39, 0.29) is 11.7 Å². The SMILES string of the molecule is CC(=O)Nc1cc(C)cc(C)c1C(C)=O. The van der Waals surface area contributed by atoms with E-state index in [2.05, 4.69) is 5.32 Å². The van der Waals surface area contributed by atoms with Gasteiger partial charge in [0, 0.05) is 12.5 Å². The van der Waals surface area contributed by atoms with Crippen LogP contribution in [0.2, 0.25) is 0 Å². The maximum Gasteiger partial charge on any atom is 0.221 e. The van der Waals surface area contributed by atoms with E-state index in [0.717, 1.165) is 11.1 Å². The van der Waals surface area contributed by atoms with Gasteiger partial charge in [0.25, 0.3) is 0 Å². The predicted octanol–water partition coefficient (Wildman–Crippen LogP) is 2.46. The normalized spacial score (nSPS) is 9.87. The molecule has 0 saturated heterocycles. The number of rotatable bonds is 2. The lowest BCUT2D eigenvalue weighted by Crippen LogP contribution is -2.11. The summed E-state index contributed by atoms with van der Waals surface area (Å²) in [6, 6.07) is 3.74. The highest BCUT2D eigenvalue weighted by molar-refractivity contribution is 6.04. The number of hydrogen-bond donors (Lipinski definition) is 1. The third-order valence-electron chi connectivity index (χ3n) is 2.14. The Hall–Kier alpha value is -1.64. The molecule has 0 radical (unpaired) electrons. The van der Waals surface area contributed by atoms with Crippen LogP contribution in [0.5, 0.6) is 0 Å². The number of hydrogen-bond acceptors (Lipinski definition) is 2. The molecule has 0 saturated carbocycles. The summed E-state index contributed by atoms with van der Waals surface area (Å²) in [7, 11) is 0. The molecular weight excluding hydrogens is 190 g/mol. The summed E-state index contributed by atoms with van der Waals surface area (Å²) in [5, 5.41) is 2.68. The molecule has 0 aliphatic rings. The second kappa shape index (κ2) is 4.26. The smallest absolute Gasteiger partial charge is 0.221 e. The van der Waals surface area contributed by atoms with Crippen molar-refractivity contribution >= 4 is 17.4 Å². The van der Waals surface area contributed by atoms with Crippen LogP contribution in [0.1, 0.15) is 35.3 Å². The van der Waals surface area contributed by atoms with Crippen molar-refractivity contribution in [2.75, 3.05) is 5.32 Å². The fourth-order valence-corrected chi connectivity index (χ4v) is 1.72. The Morgan fingerprint density at radius 1 is 1.13 bits per heavy atom. The molecule has 3 nitrogen and oxygen atoms in total. The van der Waals surface area contributed by atoms with Gasteiger partial charge in [-0.2, -0.15) is 0 Å². The Balaban J connectivity index is 3.33. The zero-order chi connectivity index (χ0) is 11.6. The molecule has 1 aromatic rings. The molecule has 0 atom stereocenters. The van der Waals surface area contributed by atoms with Crippen molar-refractivity contribution in [2.45, 2.75) is 27.7 Å². The summed E-state index contributed by atoms with van der Waals surface area (Å²) in [5.74, 6) is -0.196. The van der Waals surface area contributed by atoms with E-state index >= 15 is 0 Å². The Kier molecular flexibility index (Phi) is 3.24. The van der Waals surface area contributed by atoms with Crippen LogP contribution >= 0.6 is 0 Å². The zero-order valence-electron chi connectivity index (χ0n) is 9.47. The maximum atomic E-state index is 11.4. The minimum absolute atomic E-state index is 0.0312. The molecular formula is C12H15NO2. The third kappa shape index (κ3) is 2.65. The standard InChI is InChI=1S/C12H15NO2/c1-7-5-8(2)12(9(3)14)11(6-7)13-10(4)15/h5-6H,1-4H3,(H,13,15). The van der Waals surface area contributed by atoms with Crippen molar-refractivity contribution in [3.63, 3.8) is 0 Å². The van der Waals surface area contributed by atoms with E-state index in [4.69, 9.17) is 0 Å². The van der Waals surface area contributed by atoms with Crippen molar-refractivity contribution < 1.29 is 9.59 Å². The zero-order valence-corrected chi connectivity index (χ0v) is 9.47. The fourth-order valence-electron chi connectivity index (χ4n) is 1.72. The molecule has 0 aliphatic heterocycles. The molecule has 0 aromatic heterocycles. The fraction of sp³-hybridized carbons (Fsp3) is 0.333. The summed E-state index contributed by atoms with van der Waals surface area (Å²) in [6.07, 6.45) is 0. The van der Waals surface area contributed by atoms with Gasteiger partial charge < -0.3 is 5.32 Å². The number of nitrogens with one attached hydrogen (secondary N) is 1. The van der Waals surface area contributed by atoms with E-state index in [1.165, 1.54) is 13.8 Å². The van der Waals surface area contributed by atoms with Crippen molar-refractivity contribution in [1.29, 1.82) is 0 Å². The van der Waals surface area contributed by atoms with Gasteiger partial charge in [0.05, 0.1) is 5.69 Å². The van der Waals surface area contributed by atoms with Gasteiger partial charge in [0.1, 0.15) is 0 Å². The van der Waals surface area contributed by atoms with Crippen molar-refractivity contribution in [1.82, 2.24) is 0 Å². The lowest BCUT2D eigenvalue weighted by atomic mass is 10.0. The van der Waals surface area contributed by atoms with Gasteiger partial charge in [-0.1, -0.05) is 6.07 Å². The van der Waals surface area contributed by atoms with E-state index < -0.39 is 0 Å². The van der Waals surface area contributed by atoms with Crippen molar-refractivity contribution in [2.24, 2.45) is 0 Å². The predicted molar refractivity (Wildman–Crippen MR) is 60.2 cm³/mol. The lowest BCUT2D eigenvalue weighted by Gasteiger charge is -2.11. The minimum atomic E-state index is -0.164. The highest BCUT2D eigenvalue weighted by Crippen LogP contribution is 2.22. The molecule has 15 heavy (non-hydrogen) atoms. The lowest BCUT2D eigenvalue weighted by molar-refractivity contribution is -0.114. The van der Waals surface area contributed by atoms with Gasteiger partial charge in [0.2, 0.25) is 5.91 Å². The molecule has 1 N–H and O–H groups in total. The van der Waals surface area contributed by atoms with Gasteiger partial charge in [-0.25, -0.2) is 0 Å². The van der Waals surface area contributed by atoms with E-state index in [9.17, 15) is 9.59 Å². The minimum Gasteiger partial charge on any atom is -0.326 e. The highest BCUT2D eigenvalue weighted by atomic mass is 16.1. The topological polar surface area (TPSA) is 46.2 Å². The summed E-state index contributed by atoms with van der Waals surface area (Å²) >= 11 is 0. The molecule has 1 amide bonds. The van der Waals surface area contributed by atoms with Gasteiger partial charge in [-0.3, -0.25) is 9.59 Å². The Labute approximate surface area is 89.5 Å². The van der Waals surface area contributed by atoms with E-state index in [1.54, 1.807) is 0 Å². The molecule has 0 fully saturated rings. The first-order chi connectivity index (χ1) is 6.91. The van der Waals surface area contributed by atoms with E-state index in [0.29, 0.717) is 11.3 Å². The van der Waals surface area contributed by atoms with Crippen LogP contribution in [0.4, 0.5) is 5.69 Å². The van der Waals surface area contributed by atoms with Crippen LogP contribution in [0.25, 0.3) is 0 Å². The first-order valence-corrected chi connectivity index (χ1v) is 4.81. The van der Waals surface area contributed by atoms with Crippen LogP contribution in [-0.2, 0) is 4.79 Å². The number of aryl methyl sites for hydroxylation is 2. The second-order valence-corrected chi connectivity index (χ2v) is 3.74. The summed E-state index contributed by atoms with van der Waals surface area (Å²) in [6.45, 7) is 6.74. The first-order valence-electron chi connectivity index (χ1n) is 4.81. The largest absolute Gasteiger partial charge is 0.326 e. The van der Waals surface area contributed by atoms with Gasteiger partial charge in [0.15, 0.2) is 5.78 Å². The van der Waals surface area contributed by atoms with E-state index in [1.807, 2.05) is 26.0 Å². The third-order valence-corrected chi connectivity index (χ3v) is 2.14. The number of ketones is 1. The second-order valence-electron chi connectivity index (χ2n) is 3.74. The molecule has 0 unspecified atom stereocenters. The van der Waals surface area contributed by atoms with Crippen LogP contribution in [-0.4, -0.2) is 11.7 Å². The molecule has 0 spiro atoms. The van der Waals surface area contributed by atoms with Crippen molar-refractivity contribution in [3.8, 4) is 0 Å². The molecule has 80 valence electrons. The summed E-state index contributed by atoms with van der Waals surface area (Å²) < 4.78 is 0. The molecule has 1 rings (SSSR count). The van der Waals surface area contributed by atoms with Crippen LogP contribution < -0.4 is 5.32 Å². The molecule has 1 aromatic carbocycles. The molecule has 3 heteroatoms. The Bertz CT molecular complexity index is 422. The molecule has 0 aliphatic carbocycles. The number of benzene rings is 1. The maximum absolute atomic E-state index is 11.4. The average molecular weight is 205 g/mol. The number of carbonyl (C=O) groups is 2. The average Bonchev–Trinajstić information content (AvgIpc) is 1.99. The van der Waals surface area contributed by atoms with Crippen LogP contribution in [0.3, 0.4) is 0 Å². The summed E-state index contributed by atoms with van der Waals surface area (Å²) in [5.41, 5.74) is 3.12. The number of Topliss-reactive ketones (excluding diaryl/α,β-unsaturated/α-hetero) is 1. The number of carbonyl (C=O) groups excluding carboxylic acids is 2. The van der Waals surface area contributed by atoms with Gasteiger partial charge >= 0.3 is 0 Å². The first kappa shape index (κ1) is 11.4. The van der Waals surface area contributed by atoms with Crippen LogP contribution in [0, 0.1) is 13.8 Å².